The number of aliphatic hydroxyl groups is 1. The second kappa shape index (κ2) is 6.24. The highest BCUT2D eigenvalue weighted by atomic mass is 16.3. The molecule has 0 saturated heterocycles. The van der Waals surface area contributed by atoms with Gasteiger partial charge in [-0.2, -0.15) is 0 Å². The van der Waals surface area contributed by atoms with Gasteiger partial charge in [-0.3, -0.25) is 9.59 Å². The molecule has 0 radical (unpaired) electrons. The summed E-state index contributed by atoms with van der Waals surface area (Å²) in [5, 5.41) is 11.9. The molecule has 5 rings (SSSR count). The number of nitrogens with one attached hydrogen (secondary N) is 2. The van der Waals surface area contributed by atoms with E-state index in [0.29, 0.717) is 6.42 Å². The van der Waals surface area contributed by atoms with Crippen LogP contribution in [0.3, 0.4) is 0 Å². The van der Waals surface area contributed by atoms with Gasteiger partial charge in [-0.25, -0.2) is 4.98 Å². The van der Waals surface area contributed by atoms with Gasteiger partial charge >= 0.3 is 0 Å². The minimum Gasteiger partial charge on any atom is -0.394 e. The SMILES string of the molecule is CC[C@H](CO)NC(=O)c1cnc(C23CC4CC(CC(C4)C2)C3)[nH]c1=O. The van der Waals surface area contributed by atoms with E-state index in [9.17, 15) is 14.7 Å². The fourth-order valence-electron chi connectivity index (χ4n) is 5.77. The van der Waals surface area contributed by atoms with Crippen LogP contribution in [0.1, 0.15) is 68.1 Å². The summed E-state index contributed by atoms with van der Waals surface area (Å²) in [5.74, 6) is 2.63. The van der Waals surface area contributed by atoms with Crippen molar-refractivity contribution in [3.05, 3.63) is 27.9 Å². The number of carbonyl (C=O) groups excluding carboxylic acids is 1. The maximum atomic E-state index is 12.5. The summed E-state index contributed by atoms with van der Waals surface area (Å²) in [6.07, 6.45) is 9.41. The molecule has 0 aliphatic heterocycles. The fourth-order valence-corrected chi connectivity index (χ4v) is 5.77. The second-order valence-corrected chi connectivity index (χ2v) is 8.43. The topological polar surface area (TPSA) is 95.1 Å². The van der Waals surface area contributed by atoms with E-state index >= 15 is 0 Å². The van der Waals surface area contributed by atoms with Crippen LogP contribution >= 0.6 is 0 Å². The normalized spacial score (nSPS) is 34.1. The van der Waals surface area contributed by atoms with Crippen LogP contribution in [0, 0.1) is 17.8 Å². The monoisotopic (exact) mass is 345 g/mol. The van der Waals surface area contributed by atoms with Crippen LogP contribution in [0.25, 0.3) is 0 Å². The van der Waals surface area contributed by atoms with Crippen LogP contribution in [-0.4, -0.2) is 33.6 Å². The van der Waals surface area contributed by atoms with E-state index in [-0.39, 0.29) is 29.2 Å². The third-order valence-electron chi connectivity index (χ3n) is 6.63. The molecule has 0 unspecified atom stereocenters. The zero-order valence-corrected chi connectivity index (χ0v) is 14.8. The van der Waals surface area contributed by atoms with E-state index in [1.807, 2.05) is 6.92 Å². The van der Waals surface area contributed by atoms with Crippen LogP contribution in [0.5, 0.6) is 0 Å². The maximum absolute atomic E-state index is 12.5. The van der Waals surface area contributed by atoms with Crippen molar-refractivity contribution in [1.29, 1.82) is 0 Å². The zero-order chi connectivity index (χ0) is 17.6. The number of carbonyl (C=O) groups is 1. The molecule has 1 atom stereocenters. The van der Waals surface area contributed by atoms with E-state index in [2.05, 4.69) is 15.3 Å². The predicted octanol–water partition coefficient (Wildman–Crippen LogP) is 1.74. The highest BCUT2D eigenvalue weighted by molar-refractivity contribution is 5.93. The van der Waals surface area contributed by atoms with Crippen molar-refractivity contribution in [2.45, 2.75) is 63.3 Å². The molecule has 4 fully saturated rings. The molecule has 1 amide bonds. The number of rotatable bonds is 5. The summed E-state index contributed by atoms with van der Waals surface area (Å²) in [6.45, 7) is 1.73. The lowest BCUT2D eigenvalue weighted by molar-refractivity contribution is -0.00954. The Hall–Kier alpha value is -1.69. The Morgan fingerprint density at radius 3 is 2.40 bits per heavy atom. The molecule has 3 N–H and O–H groups in total. The Labute approximate surface area is 147 Å². The standard InChI is InChI=1S/C19H27N3O3/c1-2-14(10-23)21-16(24)15-9-20-18(22-17(15)25)19-6-11-3-12(7-19)5-13(4-11)8-19/h9,11-14,23H,2-8,10H2,1H3,(H,21,24)(H,20,22,25)/t11?,12?,13?,14-,19?/m1/s1. The molecule has 4 saturated carbocycles. The third-order valence-corrected chi connectivity index (χ3v) is 6.63. The van der Waals surface area contributed by atoms with Gasteiger partial charge in [0.25, 0.3) is 11.5 Å². The van der Waals surface area contributed by atoms with Gasteiger partial charge < -0.3 is 15.4 Å². The summed E-state index contributed by atoms with van der Waals surface area (Å²) in [5.41, 5.74) is -0.327. The average Bonchev–Trinajstić information content (AvgIpc) is 2.58. The lowest BCUT2D eigenvalue weighted by Gasteiger charge is -2.56. The van der Waals surface area contributed by atoms with Gasteiger partial charge in [0.15, 0.2) is 0 Å². The summed E-state index contributed by atoms with van der Waals surface area (Å²) < 4.78 is 0. The number of aromatic nitrogens is 2. The van der Waals surface area contributed by atoms with Gasteiger partial charge in [-0.05, 0) is 62.7 Å². The Balaban J connectivity index is 1.58. The quantitative estimate of drug-likeness (QED) is 0.757. The van der Waals surface area contributed by atoms with E-state index in [1.165, 1.54) is 25.5 Å². The summed E-state index contributed by atoms with van der Waals surface area (Å²) in [6, 6.07) is -0.338. The van der Waals surface area contributed by atoms with Crippen LogP contribution in [-0.2, 0) is 5.41 Å². The summed E-state index contributed by atoms with van der Waals surface area (Å²) >= 11 is 0. The molecule has 4 bridgehead atoms. The minimum atomic E-state index is -0.466. The van der Waals surface area contributed by atoms with Gasteiger partial charge in [-0.15, -0.1) is 0 Å². The number of hydrogen-bond donors (Lipinski definition) is 3. The first-order chi connectivity index (χ1) is 12.0. The summed E-state index contributed by atoms with van der Waals surface area (Å²) in [4.78, 5) is 32.2. The van der Waals surface area contributed by atoms with Gasteiger partial charge in [-0.1, -0.05) is 6.92 Å². The van der Waals surface area contributed by atoms with Gasteiger partial charge in [0.1, 0.15) is 11.4 Å². The molecule has 0 spiro atoms. The molecule has 4 aliphatic carbocycles. The molecule has 136 valence electrons. The van der Waals surface area contributed by atoms with Gasteiger partial charge in [0.05, 0.1) is 12.6 Å². The lowest BCUT2D eigenvalue weighted by atomic mass is 9.49. The van der Waals surface area contributed by atoms with E-state index in [1.54, 1.807) is 0 Å². The van der Waals surface area contributed by atoms with Gasteiger partial charge in [0, 0.05) is 11.6 Å². The number of hydrogen-bond acceptors (Lipinski definition) is 4. The Morgan fingerprint density at radius 1 is 1.32 bits per heavy atom. The van der Waals surface area contributed by atoms with Crippen LogP contribution in [0.4, 0.5) is 0 Å². The summed E-state index contributed by atoms with van der Waals surface area (Å²) in [7, 11) is 0. The van der Waals surface area contributed by atoms with Crippen molar-refractivity contribution in [3.63, 3.8) is 0 Å². The highest BCUT2D eigenvalue weighted by Crippen LogP contribution is 2.59. The van der Waals surface area contributed by atoms with Crippen molar-refractivity contribution in [1.82, 2.24) is 15.3 Å². The lowest BCUT2D eigenvalue weighted by Crippen LogP contribution is -2.50. The maximum Gasteiger partial charge on any atom is 0.263 e. The number of aromatic amines is 1. The molecular weight excluding hydrogens is 318 g/mol. The molecule has 1 heterocycles. The Kier molecular flexibility index (Phi) is 4.18. The van der Waals surface area contributed by atoms with E-state index in [0.717, 1.165) is 42.8 Å². The highest BCUT2D eigenvalue weighted by Gasteiger charge is 2.52. The van der Waals surface area contributed by atoms with Crippen molar-refractivity contribution in [2.24, 2.45) is 17.8 Å². The predicted molar refractivity (Wildman–Crippen MR) is 93.3 cm³/mol. The van der Waals surface area contributed by atoms with Crippen molar-refractivity contribution in [3.8, 4) is 0 Å². The molecule has 4 aliphatic rings. The first kappa shape index (κ1) is 16.8. The van der Waals surface area contributed by atoms with Crippen molar-refractivity contribution >= 4 is 5.91 Å². The number of nitrogens with zero attached hydrogens (tertiary/aromatic N) is 1. The zero-order valence-electron chi connectivity index (χ0n) is 14.8. The first-order valence-corrected chi connectivity index (χ1v) is 9.54. The van der Waals surface area contributed by atoms with Crippen LogP contribution in [0.15, 0.2) is 11.0 Å². The largest absolute Gasteiger partial charge is 0.394 e. The molecule has 0 aromatic carbocycles. The fraction of sp³-hybridized carbons (Fsp3) is 0.737. The molecule has 1 aromatic heterocycles. The third kappa shape index (κ3) is 2.90. The first-order valence-electron chi connectivity index (χ1n) is 9.54. The smallest absolute Gasteiger partial charge is 0.263 e. The Morgan fingerprint density at radius 2 is 1.92 bits per heavy atom. The average molecular weight is 345 g/mol. The number of amides is 1. The van der Waals surface area contributed by atoms with Crippen LogP contribution < -0.4 is 10.9 Å². The molecule has 1 aromatic rings. The molecule has 6 nitrogen and oxygen atoms in total. The van der Waals surface area contributed by atoms with E-state index < -0.39 is 5.91 Å². The molecule has 6 heteroatoms. The second-order valence-electron chi connectivity index (χ2n) is 8.43. The van der Waals surface area contributed by atoms with Crippen LogP contribution in [0.2, 0.25) is 0 Å². The van der Waals surface area contributed by atoms with Crippen molar-refractivity contribution in [2.75, 3.05) is 6.61 Å². The molecular formula is C19H27N3O3. The number of aliphatic hydroxyl groups excluding tert-OH is 1. The Bertz CT molecular complexity index is 688. The van der Waals surface area contributed by atoms with Crippen molar-refractivity contribution < 1.29 is 9.90 Å². The van der Waals surface area contributed by atoms with E-state index in [4.69, 9.17) is 0 Å². The number of H-pyrrole nitrogens is 1. The minimum absolute atomic E-state index is 0.0139. The van der Waals surface area contributed by atoms with Gasteiger partial charge in [0.2, 0.25) is 0 Å². The molecule has 25 heavy (non-hydrogen) atoms.